The van der Waals surface area contributed by atoms with Gasteiger partial charge < -0.3 is 14.8 Å². The zero-order valence-corrected chi connectivity index (χ0v) is 18.3. The highest BCUT2D eigenvalue weighted by molar-refractivity contribution is 7.21. The van der Waals surface area contributed by atoms with Crippen LogP contribution >= 0.6 is 11.3 Å². The van der Waals surface area contributed by atoms with Gasteiger partial charge in [0.1, 0.15) is 9.71 Å². The number of carbonyl (C=O) groups excluding carboxylic acids is 3. The molecule has 8 nitrogen and oxygen atoms in total. The Morgan fingerprint density at radius 2 is 1.87 bits per heavy atom. The first kappa shape index (κ1) is 22.4. The van der Waals surface area contributed by atoms with Crippen LogP contribution in [0.5, 0.6) is 0 Å². The van der Waals surface area contributed by atoms with Gasteiger partial charge in [-0.2, -0.15) is 0 Å². The number of nitrogens with one attached hydrogen (secondary N) is 1. The van der Waals surface area contributed by atoms with Gasteiger partial charge in [0.2, 0.25) is 0 Å². The average molecular weight is 442 g/mol. The van der Waals surface area contributed by atoms with Crippen molar-refractivity contribution in [2.45, 2.75) is 13.5 Å². The number of likely N-dealkylation sites (N-methyl/N-ethyl adjacent to an activating group) is 1. The van der Waals surface area contributed by atoms with E-state index in [0.29, 0.717) is 34.6 Å². The summed E-state index contributed by atoms with van der Waals surface area (Å²) in [6, 6.07) is 12.3. The Morgan fingerprint density at radius 3 is 2.55 bits per heavy atom. The molecule has 0 aliphatic rings. The van der Waals surface area contributed by atoms with Gasteiger partial charge in [0.05, 0.1) is 31.6 Å². The molecule has 2 aromatic heterocycles. The predicted octanol–water partition coefficient (Wildman–Crippen LogP) is 3.33. The van der Waals surface area contributed by atoms with Crippen LogP contribution in [-0.4, -0.2) is 55.0 Å². The van der Waals surface area contributed by atoms with Crippen LogP contribution in [0.15, 0.2) is 42.5 Å². The van der Waals surface area contributed by atoms with E-state index in [4.69, 9.17) is 9.47 Å². The molecule has 3 aromatic rings. The van der Waals surface area contributed by atoms with Crippen molar-refractivity contribution < 1.29 is 23.9 Å². The minimum absolute atomic E-state index is 0.143. The number of aromatic nitrogens is 1. The van der Waals surface area contributed by atoms with Crippen molar-refractivity contribution in [3.05, 3.63) is 58.6 Å². The lowest BCUT2D eigenvalue weighted by Gasteiger charge is -2.15. The predicted molar refractivity (Wildman–Crippen MR) is 118 cm³/mol. The highest BCUT2D eigenvalue weighted by atomic mass is 32.1. The molecule has 31 heavy (non-hydrogen) atoms. The van der Waals surface area contributed by atoms with Gasteiger partial charge in [-0.3, -0.25) is 14.5 Å². The van der Waals surface area contributed by atoms with Gasteiger partial charge in [-0.1, -0.05) is 18.2 Å². The molecule has 0 saturated carbocycles. The molecule has 0 bridgehead atoms. The van der Waals surface area contributed by atoms with Crippen molar-refractivity contribution in [2.75, 3.05) is 32.6 Å². The first-order valence-corrected chi connectivity index (χ1v) is 10.5. The molecule has 0 atom stereocenters. The highest BCUT2D eigenvalue weighted by Gasteiger charge is 2.22. The molecule has 0 aliphatic carbocycles. The van der Waals surface area contributed by atoms with Gasteiger partial charge in [0, 0.05) is 17.5 Å². The number of thiophene rings is 1. The molecule has 0 radical (unpaired) electrons. The molecule has 1 N–H and O–H groups in total. The van der Waals surface area contributed by atoms with E-state index in [9.17, 15) is 14.4 Å². The fourth-order valence-electron chi connectivity index (χ4n) is 3.00. The van der Waals surface area contributed by atoms with E-state index in [1.54, 1.807) is 55.3 Å². The van der Waals surface area contributed by atoms with Crippen LogP contribution in [0.25, 0.3) is 10.2 Å². The molecular formula is C22H23N3O5S. The SMILES string of the molecule is CCOC(=O)CN(C)Cc1ccc2c(NC(=O)c3ccccc3)c(C(=O)OC)sc2n1. The zero-order valence-electron chi connectivity index (χ0n) is 17.5. The molecule has 0 spiro atoms. The summed E-state index contributed by atoms with van der Waals surface area (Å²) < 4.78 is 9.85. The molecule has 0 saturated heterocycles. The van der Waals surface area contributed by atoms with E-state index in [2.05, 4.69) is 10.3 Å². The number of hydrogen-bond donors (Lipinski definition) is 1. The summed E-state index contributed by atoms with van der Waals surface area (Å²) in [6.45, 7) is 2.66. The lowest BCUT2D eigenvalue weighted by Crippen LogP contribution is -2.27. The first-order chi connectivity index (χ1) is 14.9. The fourth-order valence-corrected chi connectivity index (χ4v) is 4.07. The summed E-state index contributed by atoms with van der Waals surface area (Å²) >= 11 is 1.15. The summed E-state index contributed by atoms with van der Waals surface area (Å²) in [7, 11) is 3.08. The summed E-state index contributed by atoms with van der Waals surface area (Å²) in [5, 5.41) is 3.47. The van der Waals surface area contributed by atoms with E-state index in [0.717, 1.165) is 17.0 Å². The van der Waals surface area contributed by atoms with Crippen molar-refractivity contribution in [3.8, 4) is 0 Å². The minimum atomic E-state index is -0.549. The van der Waals surface area contributed by atoms with Crippen molar-refractivity contribution in [3.63, 3.8) is 0 Å². The van der Waals surface area contributed by atoms with E-state index in [1.807, 2.05) is 6.07 Å². The standard InChI is InChI=1S/C22H23N3O5S/c1-4-30-17(26)13-25(2)12-15-10-11-16-18(19(22(28)29-3)31-21(16)23-15)24-20(27)14-8-6-5-7-9-14/h5-11H,4,12-13H2,1-3H3,(H,24,27). The van der Waals surface area contributed by atoms with E-state index in [1.165, 1.54) is 7.11 Å². The lowest BCUT2D eigenvalue weighted by molar-refractivity contribution is -0.144. The fraction of sp³-hybridized carbons (Fsp3) is 0.273. The third-order valence-electron chi connectivity index (χ3n) is 4.39. The average Bonchev–Trinajstić information content (AvgIpc) is 3.11. The van der Waals surface area contributed by atoms with Crippen LogP contribution in [0.3, 0.4) is 0 Å². The van der Waals surface area contributed by atoms with Crippen molar-refractivity contribution >= 4 is 45.1 Å². The number of methoxy groups -OCH3 is 1. The second-order valence-electron chi connectivity index (χ2n) is 6.75. The van der Waals surface area contributed by atoms with E-state index < -0.39 is 5.97 Å². The molecule has 0 unspecified atom stereocenters. The third-order valence-corrected chi connectivity index (χ3v) is 5.47. The van der Waals surface area contributed by atoms with Crippen LogP contribution in [0, 0.1) is 0 Å². The Bertz CT molecular complexity index is 1100. The van der Waals surface area contributed by atoms with Gasteiger partial charge in [-0.25, -0.2) is 9.78 Å². The number of hydrogen-bond acceptors (Lipinski definition) is 8. The first-order valence-electron chi connectivity index (χ1n) is 9.64. The lowest BCUT2D eigenvalue weighted by atomic mass is 10.2. The highest BCUT2D eigenvalue weighted by Crippen LogP contribution is 2.36. The third kappa shape index (κ3) is 5.44. The second kappa shape index (κ2) is 10.1. The number of amides is 1. The maximum absolute atomic E-state index is 12.7. The van der Waals surface area contributed by atoms with Crippen molar-refractivity contribution in [1.82, 2.24) is 9.88 Å². The molecule has 1 amide bonds. The number of rotatable bonds is 8. The number of fused-ring (bicyclic) bond motifs is 1. The number of anilines is 1. The number of esters is 2. The van der Waals surface area contributed by atoms with Gasteiger partial charge in [-0.05, 0) is 38.2 Å². The Balaban J connectivity index is 1.88. The van der Waals surface area contributed by atoms with Crippen LogP contribution < -0.4 is 5.32 Å². The van der Waals surface area contributed by atoms with Crippen molar-refractivity contribution in [1.29, 1.82) is 0 Å². The van der Waals surface area contributed by atoms with Gasteiger partial charge in [0.25, 0.3) is 5.91 Å². The topological polar surface area (TPSA) is 97.8 Å². The maximum atomic E-state index is 12.7. The van der Waals surface area contributed by atoms with Crippen LogP contribution in [0.4, 0.5) is 5.69 Å². The summed E-state index contributed by atoms with van der Waals surface area (Å²) in [5.74, 6) is -1.18. The summed E-state index contributed by atoms with van der Waals surface area (Å²) in [5.41, 5.74) is 1.57. The zero-order chi connectivity index (χ0) is 22.4. The van der Waals surface area contributed by atoms with Gasteiger partial charge in [-0.15, -0.1) is 11.3 Å². The second-order valence-corrected chi connectivity index (χ2v) is 7.75. The van der Waals surface area contributed by atoms with Crippen molar-refractivity contribution in [2.24, 2.45) is 0 Å². The summed E-state index contributed by atoms with van der Waals surface area (Å²) in [6.07, 6.45) is 0. The monoisotopic (exact) mass is 441 g/mol. The van der Waals surface area contributed by atoms with Crippen LogP contribution in [0.2, 0.25) is 0 Å². The molecular weight excluding hydrogens is 418 g/mol. The number of carbonyl (C=O) groups is 3. The Kier molecular flexibility index (Phi) is 7.32. The minimum Gasteiger partial charge on any atom is -0.465 e. The Labute approximate surface area is 183 Å². The number of ether oxygens (including phenoxy) is 2. The van der Waals surface area contributed by atoms with E-state index >= 15 is 0 Å². The van der Waals surface area contributed by atoms with Crippen LogP contribution in [0.1, 0.15) is 32.6 Å². The summed E-state index contributed by atoms with van der Waals surface area (Å²) in [4.78, 5) is 43.9. The number of benzene rings is 1. The Morgan fingerprint density at radius 1 is 1.13 bits per heavy atom. The molecule has 2 heterocycles. The quantitative estimate of drug-likeness (QED) is 0.536. The molecule has 0 fully saturated rings. The smallest absolute Gasteiger partial charge is 0.350 e. The number of nitrogens with zero attached hydrogens (tertiary/aromatic N) is 2. The molecule has 162 valence electrons. The van der Waals surface area contributed by atoms with E-state index in [-0.39, 0.29) is 23.3 Å². The van der Waals surface area contributed by atoms with Crippen LogP contribution in [-0.2, 0) is 20.8 Å². The molecule has 0 aliphatic heterocycles. The normalized spacial score (nSPS) is 10.8. The molecule has 1 aromatic carbocycles. The largest absolute Gasteiger partial charge is 0.465 e. The molecule has 9 heteroatoms. The number of pyridine rings is 1. The van der Waals surface area contributed by atoms with Gasteiger partial charge >= 0.3 is 11.9 Å². The Hall–Kier alpha value is -3.30. The van der Waals surface area contributed by atoms with Gasteiger partial charge in [0.15, 0.2) is 0 Å². The maximum Gasteiger partial charge on any atom is 0.350 e. The molecule has 3 rings (SSSR count).